The lowest BCUT2D eigenvalue weighted by Gasteiger charge is -2.40. The second kappa shape index (κ2) is 8.56. The minimum absolute atomic E-state index is 0.155. The van der Waals surface area contributed by atoms with E-state index in [1.54, 1.807) is 11.6 Å². The Morgan fingerprint density at radius 2 is 1.39 bits per heavy atom. The third-order valence-corrected chi connectivity index (χ3v) is 9.97. The summed E-state index contributed by atoms with van der Waals surface area (Å²) in [4.78, 5) is 0. The molecule has 164 valence electrons. The summed E-state index contributed by atoms with van der Waals surface area (Å²) in [5.74, 6) is 3.51. The van der Waals surface area contributed by atoms with Gasteiger partial charge >= 0.3 is 0 Å². The molecule has 2 bridgehead atoms. The van der Waals surface area contributed by atoms with Crippen molar-refractivity contribution in [3.05, 3.63) is 83.4 Å². The van der Waals surface area contributed by atoms with Gasteiger partial charge in [-0.1, -0.05) is 105 Å². The molecule has 0 N–H and O–H groups in total. The molecule has 0 aromatic heterocycles. The summed E-state index contributed by atoms with van der Waals surface area (Å²) in [5.41, 5.74) is 2.11. The summed E-state index contributed by atoms with van der Waals surface area (Å²) >= 11 is 13.4. The predicted octanol–water partition coefficient (Wildman–Crippen LogP) is 8.64. The molecule has 4 rings (SSSR count). The average Bonchev–Trinajstić information content (AvgIpc) is 2.98. The first-order valence-corrected chi connectivity index (χ1v) is 13.4. The SMILES string of the molecule is CC1(C)CC2CC(C)(CN2P(=O)(C=C(Cl)c2ccccc2)C=C(Cl)c2ccccc2)C1. The maximum atomic E-state index is 14.7. The van der Waals surface area contributed by atoms with Crippen molar-refractivity contribution < 1.29 is 4.57 Å². The Bertz CT molecular complexity index is 988. The van der Waals surface area contributed by atoms with Crippen LogP contribution in [0, 0.1) is 10.8 Å². The Morgan fingerprint density at radius 3 is 1.87 bits per heavy atom. The standard InChI is InChI=1S/C26H30Cl2NOP/c1-25(2)14-22-15-26(3,18-25)19-29(22)31(30,16-23(27)20-10-6-4-7-11-20)17-24(28)21-12-8-5-9-13-21/h4-13,16-17,22H,14-15,18-19H2,1-3H3. The van der Waals surface area contributed by atoms with Gasteiger partial charge in [0, 0.05) is 24.2 Å². The van der Waals surface area contributed by atoms with E-state index in [2.05, 4.69) is 25.4 Å². The van der Waals surface area contributed by atoms with Gasteiger partial charge in [0.2, 0.25) is 0 Å². The second-order valence-electron chi connectivity index (χ2n) is 10.2. The van der Waals surface area contributed by atoms with Crippen molar-refractivity contribution in [3.63, 3.8) is 0 Å². The average molecular weight is 474 g/mol. The Morgan fingerprint density at radius 1 is 0.903 bits per heavy atom. The van der Waals surface area contributed by atoms with Crippen LogP contribution in [0.15, 0.2) is 72.3 Å². The maximum Gasteiger partial charge on any atom is 0.196 e. The molecule has 1 aliphatic heterocycles. The van der Waals surface area contributed by atoms with Gasteiger partial charge in [0.05, 0.1) is 10.1 Å². The minimum Gasteiger partial charge on any atom is -0.297 e. The van der Waals surface area contributed by atoms with Crippen LogP contribution in [-0.2, 0) is 4.57 Å². The van der Waals surface area contributed by atoms with Crippen molar-refractivity contribution in [1.29, 1.82) is 0 Å². The number of benzene rings is 2. The van der Waals surface area contributed by atoms with Crippen molar-refractivity contribution >= 4 is 40.6 Å². The fourth-order valence-electron chi connectivity index (χ4n) is 5.65. The molecular formula is C26H30Cl2NOP. The van der Waals surface area contributed by atoms with Crippen molar-refractivity contribution in [3.8, 4) is 0 Å². The van der Waals surface area contributed by atoms with E-state index in [-0.39, 0.29) is 16.9 Å². The van der Waals surface area contributed by atoms with E-state index in [4.69, 9.17) is 23.2 Å². The van der Waals surface area contributed by atoms with E-state index < -0.39 is 7.29 Å². The number of fused-ring (bicyclic) bond motifs is 2. The molecule has 2 aromatic rings. The van der Waals surface area contributed by atoms with Gasteiger partial charge in [-0.3, -0.25) is 4.57 Å². The first-order chi connectivity index (χ1) is 14.6. The van der Waals surface area contributed by atoms with Gasteiger partial charge < -0.3 is 0 Å². The first-order valence-electron chi connectivity index (χ1n) is 10.8. The molecule has 2 atom stereocenters. The third-order valence-electron chi connectivity index (χ3n) is 6.48. The summed E-state index contributed by atoms with van der Waals surface area (Å²) in [6.07, 6.45) is 3.23. The van der Waals surface area contributed by atoms with E-state index >= 15 is 0 Å². The van der Waals surface area contributed by atoms with Gasteiger partial charge in [-0.25, -0.2) is 4.67 Å². The van der Waals surface area contributed by atoms with Crippen LogP contribution in [0.5, 0.6) is 0 Å². The highest BCUT2D eigenvalue weighted by atomic mass is 35.5. The Labute approximate surface area is 196 Å². The fourth-order valence-corrected chi connectivity index (χ4v) is 9.30. The number of nitrogens with zero attached hydrogens (tertiary/aromatic N) is 1. The molecule has 1 saturated heterocycles. The summed E-state index contributed by atoms with van der Waals surface area (Å²) in [6.45, 7) is 7.77. The van der Waals surface area contributed by atoms with Crippen LogP contribution in [-0.4, -0.2) is 17.3 Å². The van der Waals surface area contributed by atoms with E-state index in [1.807, 2.05) is 60.7 Å². The lowest BCUT2D eigenvalue weighted by atomic mass is 9.65. The highest BCUT2D eigenvalue weighted by molar-refractivity contribution is 7.68. The van der Waals surface area contributed by atoms with Gasteiger partial charge in [-0.15, -0.1) is 0 Å². The largest absolute Gasteiger partial charge is 0.297 e. The maximum absolute atomic E-state index is 14.7. The lowest BCUT2D eigenvalue weighted by Crippen LogP contribution is -2.33. The number of rotatable bonds is 5. The van der Waals surface area contributed by atoms with Crippen molar-refractivity contribution in [1.82, 2.24) is 4.67 Å². The monoisotopic (exact) mass is 473 g/mol. The van der Waals surface area contributed by atoms with Crippen LogP contribution in [0.2, 0.25) is 0 Å². The van der Waals surface area contributed by atoms with Gasteiger partial charge in [0.1, 0.15) is 0 Å². The van der Waals surface area contributed by atoms with E-state index in [1.165, 1.54) is 0 Å². The predicted molar refractivity (Wildman–Crippen MR) is 134 cm³/mol. The topological polar surface area (TPSA) is 20.3 Å². The van der Waals surface area contributed by atoms with Gasteiger partial charge in [0.15, 0.2) is 7.29 Å². The number of hydrogen-bond acceptors (Lipinski definition) is 1. The summed E-state index contributed by atoms with van der Waals surface area (Å²) in [7, 11) is -3.13. The quantitative estimate of drug-likeness (QED) is 0.404. The minimum atomic E-state index is -3.13. The van der Waals surface area contributed by atoms with Crippen LogP contribution in [0.1, 0.15) is 51.2 Å². The highest BCUT2D eigenvalue weighted by Gasteiger charge is 2.53. The second-order valence-corrected chi connectivity index (χ2v) is 13.4. The van der Waals surface area contributed by atoms with Gasteiger partial charge in [0.25, 0.3) is 0 Å². The molecule has 0 radical (unpaired) electrons. The molecule has 2 aliphatic rings. The zero-order chi connectivity index (χ0) is 22.3. The zero-order valence-electron chi connectivity index (χ0n) is 18.4. The molecule has 2 fully saturated rings. The van der Waals surface area contributed by atoms with Crippen LogP contribution >= 0.6 is 30.5 Å². The van der Waals surface area contributed by atoms with E-state index in [0.717, 1.165) is 36.9 Å². The van der Waals surface area contributed by atoms with E-state index in [9.17, 15) is 4.57 Å². The summed E-state index contributed by atoms with van der Waals surface area (Å²) < 4.78 is 16.9. The highest BCUT2D eigenvalue weighted by Crippen LogP contribution is 2.65. The van der Waals surface area contributed by atoms with Crippen LogP contribution in [0.25, 0.3) is 10.1 Å². The van der Waals surface area contributed by atoms with Crippen LogP contribution < -0.4 is 0 Å². The number of halogens is 2. The van der Waals surface area contributed by atoms with E-state index in [0.29, 0.717) is 10.1 Å². The molecule has 2 unspecified atom stereocenters. The smallest absolute Gasteiger partial charge is 0.196 e. The number of hydrogen-bond donors (Lipinski definition) is 0. The zero-order valence-corrected chi connectivity index (χ0v) is 20.8. The fraction of sp³-hybridized carbons (Fsp3) is 0.385. The molecule has 1 aliphatic carbocycles. The molecule has 31 heavy (non-hydrogen) atoms. The third kappa shape index (κ3) is 5.04. The molecular weight excluding hydrogens is 444 g/mol. The molecule has 5 heteroatoms. The molecule has 1 saturated carbocycles. The lowest BCUT2D eigenvalue weighted by molar-refractivity contribution is 0.133. The van der Waals surface area contributed by atoms with Gasteiger partial charge in [-0.2, -0.15) is 0 Å². The Kier molecular flexibility index (Phi) is 6.32. The first kappa shape index (κ1) is 22.9. The summed E-state index contributed by atoms with van der Waals surface area (Å²) in [6, 6.07) is 19.7. The van der Waals surface area contributed by atoms with Crippen LogP contribution in [0.3, 0.4) is 0 Å². The van der Waals surface area contributed by atoms with Crippen molar-refractivity contribution in [2.45, 2.75) is 46.1 Å². The molecule has 2 aromatic carbocycles. The Hall–Kier alpha value is -1.31. The molecule has 1 heterocycles. The molecule has 0 spiro atoms. The molecule has 0 amide bonds. The molecule has 2 nitrogen and oxygen atoms in total. The Balaban J connectivity index is 1.79. The van der Waals surface area contributed by atoms with Gasteiger partial charge in [-0.05, 0) is 41.2 Å². The van der Waals surface area contributed by atoms with Crippen molar-refractivity contribution in [2.75, 3.05) is 6.54 Å². The van der Waals surface area contributed by atoms with Crippen molar-refractivity contribution in [2.24, 2.45) is 10.8 Å². The van der Waals surface area contributed by atoms with Crippen LogP contribution in [0.4, 0.5) is 0 Å². The normalized spacial score (nSPS) is 28.4. The summed E-state index contributed by atoms with van der Waals surface area (Å²) in [5, 5.41) is 1.01.